The Kier molecular flexibility index (Phi) is 6.51. The maximum atomic E-state index is 5.71. The Morgan fingerprint density at radius 1 is 1.33 bits per heavy atom. The van der Waals surface area contributed by atoms with Gasteiger partial charge >= 0.3 is 0 Å². The molecule has 0 amide bonds. The van der Waals surface area contributed by atoms with Gasteiger partial charge in [0.2, 0.25) is 0 Å². The van der Waals surface area contributed by atoms with Gasteiger partial charge in [-0.1, -0.05) is 12.1 Å². The molecule has 0 aromatic heterocycles. The molecule has 18 heavy (non-hydrogen) atoms. The van der Waals surface area contributed by atoms with Crippen LogP contribution in [0.5, 0.6) is 0 Å². The van der Waals surface area contributed by atoms with E-state index in [0.29, 0.717) is 0 Å². The van der Waals surface area contributed by atoms with Gasteiger partial charge in [0.1, 0.15) is 0 Å². The van der Waals surface area contributed by atoms with Gasteiger partial charge in [-0.15, -0.1) is 11.6 Å². The summed E-state index contributed by atoms with van der Waals surface area (Å²) in [5, 5.41) is 3.44. The van der Waals surface area contributed by atoms with Crippen molar-refractivity contribution in [3.05, 3.63) is 29.8 Å². The first kappa shape index (κ1) is 15.3. The summed E-state index contributed by atoms with van der Waals surface area (Å²) in [7, 11) is 1.76. The van der Waals surface area contributed by atoms with Crippen LogP contribution >= 0.6 is 11.6 Å². The molecule has 2 nitrogen and oxygen atoms in total. The fourth-order valence-electron chi connectivity index (χ4n) is 1.72. The molecule has 0 unspecified atom stereocenters. The van der Waals surface area contributed by atoms with E-state index in [1.165, 1.54) is 11.3 Å². The van der Waals surface area contributed by atoms with Crippen LogP contribution in [0.4, 0.5) is 5.69 Å². The van der Waals surface area contributed by atoms with Gasteiger partial charge in [-0.05, 0) is 50.8 Å². The number of hydrogen-bond acceptors (Lipinski definition) is 2. The summed E-state index contributed by atoms with van der Waals surface area (Å²) >= 11 is 5.71. The van der Waals surface area contributed by atoms with E-state index < -0.39 is 0 Å². The number of aryl methyl sites for hydroxylation is 1. The monoisotopic (exact) mass is 269 g/mol. The standard InChI is InChI=1S/C15H24ClNO/c1-15(2,18-3)9-11-17-14-8-4-6-13(12-14)7-5-10-16/h4,6,8,12,17H,5,7,9-11H2,1-3H3. The van der Waals surface area contributed by atoms with Crippen LogP contribution in [-0.2, 0) is 11.2 Å². The normalized spacial score (nSPS) is 11.6. The third-order valence-corrected chi connectivity index (χ3v) is 3.40. The first-order valence-electron chi connectivity index (χ1n) is 6.51. The third kappa shape index (κ3) is 5.74. The SMILES string of the molecule is COC(C)(C)CCNc1cccc(CCCCl)c1. The highest BCUT2D eigenvalue weighted by Gasteiger charge is 2.15. The third-order valence-electron chi connectivity index (χ3n) is 3.13. The Bertz CT molecular complexity index is 352. The van der Waals surface area contributed by atoms with E-state index in [2.05, 4.69) is 43.4 Å². The average Bonchev–Trinajstić information content (AvgIpc) is 2.37. The molecule has 0 saturated heterocycles. The van der Waals surface area contributed by atoms with E-state index in [9.17, 15) is 0 Å². The molecule has 1 N–H and O–H groups in total. The van der Waals surface area contributed by atoms with Gasteiger partial charge in [0.15, 0.2) is 0 Å². The molecule has 0 aliphatic heterocycles. The van der Waals surface area contributed by atoms with Crippen molar-refractivity contribution in [2.45, 2.75) is 38.7 Å². The van der Waals surface area contributed by atoms with Crippen molar-refractivity contribution >= 4 is 17.3 Å². The number of anilines is 1. The Hall–Kier alpha value is -0.730. The van der Waals surface area contributed by atoms with E-state index >= 15 is 0 Å². The van der Waals surface area contributed by atoms with Gasteiger partial charge in [-0.2, -0.15) is 0 Å². The zero-order valence-corrected chi connectivity index (χ0v) is 12.4. The summed E-state index contributed by atoms with van der Waals surface area (Å²) in [6, 6.07) is 8.54. The van der Waals surface area contributed by atoms with E-state index in [0.717, 1.165) is 31.7 Å². The fraction of sp³-hybridized carbons (Fsp3) is 0.600. The molecule has 0 fully saturated rings. The van der Waals surface area contributed by atoms with Gasteiger partial charge in [0.05, 0.1) is 5.60 Å². The highest BCUT2D eigenvalue weighted by atomic mass is 35.5. The summed E-state index contributed by atoms with van der Waals surface area (Å²) in [5.74, 6) is 0.722. The highest BCUT2D eigenvalue weighted by Crippen LogP contribution is 2.15. The number of benzene rings is 1. The second-order valence-corrected chi connectivity index (χ2v) is 5.51. The first-order valence-corrected chi connectivity index (χ1v) is 7.05. The minimum Gasteiger partial charge on any atom is -0.385 e. The van der Waals surface area contributed by atoms with Gasteiger partial charge in [0.25, 0.3) is 0 Å². The van der Waals surface area contributed by atoms with Gasteiger partial charge < -0.3 is 10.1 Å². The van der Waals surface area contributed by atoms with Crippen molar-refractivity contribution in [3.63, 3.8) is 0 Å². The topological polar surface area (TPSA) is 21.3 Å². The van der Waals surface area contributed by atoms with Crippen molar-refractivity contribution in [2.75, 3.05) is 24.9 Å². The van der Waals surface area contributed by atoms with Crippen LogP contribution in [0.1, 0.15) is 32.3 Å². The molecule has 0 aliphatic carbocycles. The van der Waals surface area contributed by atoms with Crippen LogP contribution in [0, 0.1) is 0 Å². The largest absolute Gasteiger partial charge is 0.385 e. The first-order chi connectivity index (χ1) is 8.57. The van der Waals surface area contributed by atoms with E-state index in [4.69, 9.17) is 16.3 Å². The lowest BCUT2D eigenvalue weighted by atomic mass is 10.1. The average molecular weight is 270 g/mol. The van der Waals surface area contributed by atoms with Crippen molar-refractivity contribution in [1.82, 2.24) is 0 Å². The predicted octanol–water partition coefficient (Wildman–Crippen LogP) is 4.09. The maximum Gasteiger partial charge on any atom is 0.0639 e. The number of ether oxygens (including phenoxy) is 1. The Morgan fingerprint density at radius 3 is 2.78 bits per heavy atom. The molecule has 1 aromatic carbocycles. The lowest BCUT2D eigenvalue weighted by Gasteiger charge is -2.23. The van der Waals surface area contributed by atoms with Crippen LogP contribution in [0.25, 0.3) is 0 Å². The quantitative estimate of drug-likeness (QED) is 0.718. The zero-order valence-electron chi connectivity index (χ0n) is 11.6. The Balaban J connectivity index is 2.42. The molecule has 102 valence electrons. The number of rotatable bonds is 8. The number of nitrogens with one attached hydrogen (secondary N) is 1. The zero-order chi connectivity index (χ0) is 13.4. The lowest BCUT2D eigenvalue weighted by Crippen LogP contribution is -2.25. The molecule has 1 aromatic rings. The van der Waals surface area contributed by atoms with Crippen LogP contribution in [-0.4, -0.2) is 25.1 Å². The van der Waals surface area contributed by atoms with E-state index in [-0.39, 0.29) is 5.60 Å². The molecule has 0 radical (unpaired) electrons. The van der Waals surface area contributed by atoms with Crippen molar-refractivity contribution in [1.29, 1.82) is 0 Å². The second-order valence-electron chi connectivity index (χ2n) is 5.13. The summed E-state index contributed by atoms with van der Waals surface area (Å²) in [6.45, 7) is 5.12. The molecule has 3 heteroatoms. The number of alkyl halides is 1. The minimum absolute atomic E-state index is 0.0662. The van der Waals surface area contributed by atoms with Crippen molar-refractivity contribution in [3.8, 4) is 0 Å². The van der Waals surface area contributed by atoms with Crippen LogP contribution in [0.2, 0.25) is 0 Å². The lowest BCUT2D eigenvalue weighted by molar-refractivity contribution is 0.0185. The van der Waals surface area contributed by atoms with Crippen molar-refractivity contribution < 1.29 is 4.74 Å². The van der Waals surface area contributed by atoms with E-state index in [1.54, 1.807) is 7.11 Å². The molecule has 1 rings (SSSR count). The number of methoxy groups -OCH3 is 1. The summed E-state index contributed by atoms with van der Waals surface area (Å²) < 4.78 is 5.40. The Morgan fingerprint density at radius 2 is 2.11 bits per heavy atom. The molecular formula is C15H24ClNO. The van der Waals surface area contributed by atoms with Gasteiger partial charge in [-0.3, -0.25) is 0 Å². The summed E-state index contributed by atoms with van der Waals surface area (Å²) in [4.78, 5) is 0. The molecule has 0 aliphatic rings. The molecule has 0 bridgehead atoms. The van der Waals surface area contributed by atoms with Crippen molar-refractivity contribution in [2.24, 2.45) is 0 Å². The molecule has 0 saturated carbocycles. The van der Waals surface area contributed by atoms with Crippen LogP contribution in [0.3, 0.4) is 0 Å². The van der Waals surface area contributed by atoms with Crippen LogP contribution < -0.4 is 5.32 Å². The minimum atomic E-state index is -0.0662. The highest BCUT2D eigenvalue weighted by molar-refractivity contribution is 6.17. The van der Waals surface area contributed by atoms with Gasteiger partial charge in [0, 0.05) is 25.2 Å². The second kappa shape index (κ2) is 7.65. The maximum absolute atomic E-state index is 5.71. The van der Waals surface area contributed by atoms with E-state index in [1.807, 2.05) is 0 Å². The molecule has 0 spiro atoms. The number of hydrogen-bond donors (Lipinski definition) is 1. The smallest absolute Gasteiger partial charge is 0.0639 e. The van der Waals surface area contributed by atoms with Crippen LogP contribution in [0.15, 0.2) is 24.3 Å². The summed E-state index contributed by atoms with van der Waals surface area (Å²) in [5.41, 5.74) is 2.45. The fourth-order valence-corrected chi connectivity index (χ4v) is 1.85. The molecular weight excluding hydrogens is 246 g/mol. The van der Waals surface area contributed by atoms with Gasteiger partial charge in [-0.25, -0.2) is 0 Å². The number of halogens is 1. The molecule has 0 atom stereocenters. The Labute approximate surface area is 116 Å². The predicted molar refractivity (Wildman–Crippen MR) is 79.7 cm³/mol. The summed E-state index contributed by atoms with van der Waals surface area (Å²) in [6.07, 6.45) is 3.06. The molecule has 0 heterocycles.